The first-order chi connectivity index (χ1) is 9.22. The van der Waals surface area contributed by atoms with E-state index in [0.29, 0.717) is 18.2 Å². The van der Waals surface area contributed by atoms with Gasteiger partial charge in [-0.15, -0.1) is 0 Å². The summed E-state index contributed by atoms with van der Waals surface area (Å²) in [5.74, 6) is 0.728. The van der Waals surface area contributed by atoms with E-state index in [1.807, 2.05) is 0 Å². The van der Waals surface area contributed by atoms with Crippen LogP contribution in [0.4, 0.5) is 0 Å². The number of halogens is 1. The van der Waals surface area contributed by atoms with Gasteiger partial charge < -0.3 is 10.1 Å². The van der Waals surface area contributed by atoms with Gasteiger partial charge in [0.15, 0.2) is 0 Å². The lowest BCUT2D eigenvalue weighted by Gasteiger charge is -2.39. The molecule has 1 saturated carbocycles. The standard InChI is InChI=1S/C16H22BrNO/c1-11(16-6-3-7-19-16)18-15-9-13(10-15)12-4-2-5-14(17)8-12/h2,4-5,8,11,13,15-16,18H,3,6-7,9-10H2,1H3. The molecular formula is C16H22BrNO. The molecule has 1 N–H and O–H groups in total. The van der Waals surface area contributed by atoms with Crippen molar-refractivity contribution >= 4 is 15.9 Å². The summed E-state index contributed by atoms with van der Waals surface area (Å²) in [4.78, 5) is 0. The van der Waals surface area contributed by atoms with Crippen molar-refractivity contribution in [2.45, 2.75) is 56.7 Å². The molecule has 0 amide bonds. The van der Waals surface area contributed by atoms with Crippen molar-refractivity contribution in [3.8, 4) is 0 Å². The number of benzene rings is 1. The van der Waals surface area contributed by atoms with Gasteiger partial charge in [-0.25, -0.2) is 0 Å². The molecule has 1 aliphatic carbocycles. The maximum absolute atomic E-state index is 5.74. The van der Waals surface area contributed by atoms with E-state index in [1.165, 1.54) is 35.7 Å². The minimum absolute atomic E-state index is 0.435. The molecule has 2 aliphatic rings. The summed E-state index contributed by atoms with van der Waals surface area (Å²) in [5.41, 5.74) is 1.47. The zero-order chi connectivity index (χ0) is 13.2. The highest BCUT2D eigenvalue weighted by molar-refractivity contribution is 9.10. The van der Waals surface area contributed by atoms with Crippen LogP contribution in [0.2, 0.25) is 0 Å². The van der Waals surface area contributed by atoms with Crippen LogP contribution in [-0.2, 0) is 4.74 Å². The second-order valence-corrected chi connectivity index (χ2v) is 6.84. The highest BCUT2D eigenvalue weighted by atomic mass is 79.9. The third-order valence-electron chi connectivity index (χ3n) is 4.48. The fraction of sp³-hybridized carbons (Fsp3) is 0.625. The Morgan fingerprint density at radius 1 is 1.37 bits per heavy atom. The highest BCUT2D eigenvalue weighted by Crippen LogP contribution is 2.38. The van der Waals surface area contributed by atoms with E-state index in [1.54, 1.807) is 0 Å². The summed E-state index contributed by atoms with van der Waals surface area (Å²) in [5, 5.41) is 3.74. The molecule has 2 nitrogen and oxygen atoms in total. The summed E-state index contributed by atoms with van der Waals surface area (Å²) in [6.07, 6.45) is 5.39. The molecule has 1 aromatic rings. The van der Waals surface area contributed by atoms with Crippen LogP contribution < -0.4 is 5.32 Å². The van der Waals surface area contributed by atoms with E-state index in [4.69, 9.17) is 4.74 Å². The third kappa shape index (κ3) is 3.21. The Balaban J connectivity index is 1.47. The van der Waals surface area contributed by atoms with Gasteiger partial charge in [0.1, 0.15) is 0 Å². The van der Waals surface area contributed by atoms with E-state index in [0.717, 1.165) is 12.5 Å². The van der Waals surface area contributed by atoms with Gasteiger partial charge in [-0.05, 0) is 56.2 Å². The van der Waals surface area contributed by atoms with Crippen molar-refractivity contribution in [3.63, 3.8) is 0 Å². The van der Waals surface area contributed by atoms with Gasteiger partial charge >= 0.3 is 0 Å². The average Bonchev–Trinajstić information content (AvgIpc) is 2.86. The highest BCUT2D eigenvalue weighted by Gasteiger charge is 2.33. The lowest BCUT2D eigenvalue weighted by molar-refractivity contribution is 0.0731. The first-order valence-corrected chi connectivity index (χ1v) is 8.15. The van der Waals surface area contributed by atoms with Gasteiger partial charge in [-0.3, -0.25) is 0 Å². The first kappa shape index (κ1) is 13.6. The van der Waals surface area contributed by atoms with Gasteiger partial charge in [0.05, 0.1) is 6.10 Å². The molecule has 104 valence electrons. The summed E-state index contributed by atoms with van der Waals surface area (Å²) >= 11 is 3.55. The lowest BCUT2D eigenvalue weighted by atomic mass is 9.75. The van der Waals surface area contributed by atoms with Crippen molar-refractivity contribution in [2.75, 3.05) is 6.61 Å². The van der Waals surface area contributed by atoms with Crippen molar-refractivity contribution in [1.29, 1.82) is 0 Å². The van der Waals surface area contributed by atoms with Gasteiger partial charge in [0, 0.05) is 23.2 Å². The fourth-order valence-electron chi connectivity index (χ4n) is 3.26. The van der Waals surface area contributed by atoms with Crippen LogP contribution in [0, 0.1) is 0 Å². The fourth-order valence-corrected chi connectivity index (χ4v) is 3.68. The molecule has 2 fully saturated rings. The van der Waals surface area contributed by atoms with Gasteiger partial charge in [-0.1, -0.05) is 28.1 Å². The molecule has 0 radical (unpaired) electrons. The smallest absolute Gasteiger partial charge is 0.0726 e. The monoisotopic (exact) mass is 323 g/mol. The Kier molecular flexibility index (Phi) is 4.25. The maximum Gasteiger partial charge on any atom is 0.0726 e. The average molecular weight is 324 g/mol. The predicted molar refractivity (Wildman–Crippen MR) is 81.5 cm³/mol. The lowest BCUT2D eigenvalue weighted by Crippen LogP contribution is -2.48. The summed E-state index contributed by atoms with van der Waals surface area (Å²) in [7, 11) is 0. The number of ether oxygens (including phenoxy) is 1. The molecule has 3 heteroatoms. The van der Waals surface area contributed by atoms with E-state index >= 15 is 0 Å². The zero-order valence-corrected chi connectivity index (χ0v) is 13.0. The quantitative estimate of drug-likeness (QED) is 0.908. The Hall–Kier alpha value is -0.380. The molecule has 1 aromatic carbocycles. The Labute approximate surface area is 124 Å². The molecule has 0 aromatic heterocycles. The van der Waals surface area contributed by atoms with Crippen molar-refractivity contribution in [3.05, 3.63) is 34.3 Å². The SMILES string of the molecule is CC(NC1CC(c2cccc(Br)c2)C1)C1CCCO1. The van der Waals surface area contributed by atoms with Crippen molar-refractivity contribution in [2.24, 2.45) is 0 Å². The summed E-state index contributed by atoms with van der Waals surface area (Å²) in [6.45, 7) is 3.21. The normalized spacial score (nSPS) is 32.0. The largest absolute Gasteiger partial charge is 0.377 e. The Morgan fingerprint density at radius 3 is 2.89 bits per heavy atom. The van der Waals surface area contributed by atoms with E-state index in [-0.39, 0.29) is 0 Å². The van der Waals surface area contributed by atoms with Gasteiger partial charge in [0.2, 0.25) is 0 Å². The number of hydrogen-bond donors (Lipinski definition) is 1. The van der Waals surface area contributed by atoms with E-state index in [2.05, 4.69) is 52.4 Å². The van der Waals surface area contributed by atoms with Crippen LogP contribution in [-0.4, -0.2) is 24.8 Å². The summed E-state index contributed by atoms with van der Waals surface area (Å²) < 4.78 is 6.93. The Morgan fingerprint density at radius 2 is 2.21 bits per heavy atom. The zero-order valence-electron chi connectivity index (χ0n) is 11.4. The first-order valence-electron chi connectivity index (χ1n) is 7.35. The molecule has 1 heterocycles. The topological polar surface area (TPSA) is 21.3 Å². The maximum atomic E-state index is 5.74. The third-order valence-corrected chi connectivity index (χ3v) is 4.97. The second kappa shape index (κ2) is 5.94. The molecule has 2 unspecified atom stereocenters. The molecular weight excluding hydrogens is 302 g/mol. The Bertz CT molecular complexity index is 425. The van der Waals surface area contributed by atoms with Gasteiger partial charge in [-0.2, -0.15) is 0 Å². The van der Waals surface area contributed by atoms with E-state index in [9.17, 15) is 0 Å². The molecule has 0 bridgehead atoms. The molecule has 2 atom stereocenters. The molecule has 1 aliphatic heterocycles. The van der Waals surface area contributed by atoms with Crippen molar-refractivity contribution in [1.82, 2.24) is 5.32 Å². The number of rotatable bonds is 4. The molecule has 3 rings (SSSR count). The minimum Gasteiger partial charge on any atom is -0.377 e. The van der Waals surface area contributed by atoms with Crippen LogP contribution in [0.1, 0.15) is 44.1 Å². The van der Waals surface area contributed by atoms with Crippen LogP contribution in [0.15, 0.2) is 28.7 Å². The van der Waals surface area contributed by atoms with Crippen LogP contribution in [0.5, 0.6) is 0 Å². The molecule has 19 heavy (non-hydrogen) atoms. The number of hydrogen-bond acceptors (Lipinski definition) is 2. The second-order valence-electron chi connectivity index (χ2n) is 5.93. The molecule has 1 saturated heterocycles. The van der Waals surface area contributed by atoms with Crippen LogP contribution in [0.3, 0.4) is 0 Å². The van der Waals surface area contributed by atoms with E-state index < -0.39 is 0 Å². The number of nitrogens with one attached hydrogen (secondary N) is 1. The predicted octanol–water partition coefficient (Wildman–Crippen LogP) is 3.85. The van der Waals surface area contributed by atoms with Crippen LogP contribution in [0.25, 0.3) is 0 Å². The summed E-state index contributed by atoms with van der Waals surface area (Å²) in [6, 6.07) is 9.89. The van der Waals surface area contributed by atoms with Crippen LogP contribution >= 0.6 is 15.9 Å². The molecule has 0 spiro atoms. The van der Waals surface area contributed by atoms with Crippen molar-refractivity contribution < 1.29 is 4.74 Å². The minimum atomic E-state index is 0.435. The van der Waals surface area contributed by atoms with Gasteiger partial charge in [0.25, 0.3) is 0 Å².